The van der Waals surface area contributed by atoms with Crippen LogP contribution in [0.5, 0.6) is 11.5 Å². The number of rotatable bonds is 7. The highest BCUT2D eigenvalue weighted by Crippen LogP contribution is 2.36. The molecule has 4 rings (SSSR count). The minimum absolute atomic E-state index is 0.0382. The fourth-order valence-corrected chi connectivity index (χ4v) is 4.06. The van der Waals surface area contributed by atoms with E-state index in [1.807, 2.05) is 37.4 Å². The molecule has 35 heavy (non-hydrogen) atoms. The first kappa shape index (κ1) is 25.0. The zero-order valence-corrected chi connectivity index (χ0v) is 19.7. The first-order valence-corrected chi connectivity index (χ1v) is 11.4. The van der Waals surface area contributed by atoms with Gasteiger partial charge in [0, 0.05) is 37.5 Å². The number of likely N-dealkylation sites (N-methyl/N-ethyl adjacent to an activating group) is 1. The van der Waals surface area contributed by atoms with Gasteiger partial charge in [0.05, 0.1) is 16.3 Å². The topological polar surface area (TPSA) is 66.5 Å². The second kappa shape index (κ2) is 10.6. The molecule has 3 aromatic rings. The van der Waals surface area contributed by atoms with E-state index in [2.05, 4.69) is 20.5 Å². The molecule has 1 atom stereocenters. The van der Waals surface area contributed by atoms with Gasteiger partial charge >= 0.3 is 6.18 Å². The molecule has 6 nitrogen and oxygen atoms in total. The lowest BCUT2D eigenvalue weighted by atomic mass is 10.1. The van der Waals surface area contributed by atoms with Crippen molar-refractivity contribution >= 4 is 23.2 Å². The summed E-state index contributed by atoms with van der Waals surface area (Å²) in [5.41, 5.74) is 0.776. The number of benzene rings is 2. The Morgan fingerprint density at radius 1 is 1.20 bits per heavy atom. The van der Waals surface area contributed by atoms with Crippen LogP contribution >= 0.6 is 11.6 Å². The number of carbonyl (C=O) groups excluding carboxylic acids is 1. The number of alkyl halides is 3. The quantitative estimate of drug-likeness (QED) is 0.435. The van der Waals surface area contributed by atoms with Gasteiger partial charge in [-0.1, -0.05) is 23.7 Å². The average Bonchev–Trinajstić information content (AvgIpc) is 3.24. The Labute approximate surface area is 206 Å². The van der Waals surface area contributed by atoms with E-state index in [0.29, 0.717) is 17.9 Å². The molecule has 184 valence electrons. The number of aryl methyl sites for hydroxylation is 1. The van der Waals surface area contributed by atoms with Crippen molar-refractivity contribution in [2.24, 2.45) is 0 Å². The molecule has 1 aromatic heterocycles. The Balaban J connectivity index is 1.36. The van der Waals surface area contributed by atoms with Gasteiger partial charge < -0.3 is 10.1 Å². The molecule has 1 fully saturated rings. The van der Waals surface area contributed by atoms with Crippen LogP contribution in [-0.2, 0) is 17.4 Å². The Kier molecular flexibility index (Phi) is 7.59. The SMILES string of the molecule is CN1CCNC1c1cc(Oc2cccc(CCC(=O)Nc3ccc(Cl)c(C(F)(F)F)c3)c2)ccn1. The summed E-state index contributed by atoms with van der Waals surface area (Å²) in [5, 5.41) is 5.47. The van der Waals surface area contributed by atoms with Crippen molar-refractivity contribution in [2.45, 2.75) is 25.2 Å². The summed E-state index contributed by atoms with van der Waals surface area (Å²) in [4.78, 5) is 18.9. The number of ether oxygens (including phenoxy) is 1. The van der Waals surface area contributed by atoms with E-state index >= 15 is 0 Å². The van der Waals surface area contributed by atoms with Crippen LogP contribution in [0, 0.1) is 0 Å². The van der Waals surface area contributed by atoms with Gasteiger partial charge in [0.15, 0.2) is 0 Å². The smallest absolute Gasteiger partial charge is 0.417 e. The Morgan fingerprint density at radius 2 is 2.00 bits per heavy atom. The normalized spacial score (nSPS) is 16.3. The van der Waals surface area contributed by atoms with Gasteiger partial charge in [0.1, 0.15) is 17.7 Å². The molecule has 0 spiro atoms. The van der Waals surface area contributed by atoms with Crippen molar-refractivity contribution in [3.05, 3.63) is 82.6 Å². The summed E-state index contributed by atoms with van der Waals surface area (Å²) in [7, 11) is 2.03. The highest BCUT2D eigenvalue weighted by atomic mass is 35.5. The third kappa shape index (κ3) is 6.50. The summed E-state index contributed by atoms with van der Waals surface area (Å²) < 4.78 is 45.1. The molecule has 0 radical (unpaired) electrons. The third-order valence-corrected chi connectivity index (χ3v) is 5.94. The van der Waals surface area contributed by atoms with Gasteiger partial charge in [-0.25, -0.2) is 0 Å². The number of hydrogen-bond donors (Lipinski definition) is 2. The van der Waals surface area contributed by atoms with Crippen LogP contribution in [0.25, 0.3) is 0 Å². The number of aromatic nitrogens is 1. The van der Waals surface area contributed by atoms with Crippen LogP contribution in [0.4, 0.5) is 18.9 Å². The van der Waals surface area contributed by atoms with E-state index in [-0.39, 0.29) is 18.3 Å². The largest absolute Gasteiger partial charge is 0.457 e. The molecule has 0 saturated carbocycles. The van der Waals surface area contributed by atoms with E-state index in [1.54, 1.807) is 12.3 Å². The van der Waals surface area contributed by atoms with E-state index in [1.165, 1.54) is 6.07 Å². The molecule has 1 amide bonds. The number of amides is 1. The van der Waals surface area contributed by atoms with Crippen molar-refractivity contribution in [3.63, 3.8) is 0 Å². The second-order valence-corrected chi connectivity index (χ2v) is 8.65. The number of carbonyl (C=O) groups is 1. The van der Waals surface area contributed by atoms with Crippen LogP contribution in [0.3, 0.4) is 0 Å². The van der Waals surface area contributed by atoms with Crippen LogP contribution in [0.2, 0.25) is 5.02 Å². The molecule has 10 heteroatoms. The lowest BCUT2D eigenvalue weighted by Gasteiger charge is -2.19. The lowest BCUT2D eigenvalue weighted by Crippen LogP contribution is -2.24. The molecular weight excluding hydrogens is 481 g/mol. The predicted molar refractivity (Wildman–Crippen MR) is 128 cm³/mol. The molecule has 1 aliphatic heterocycles. The average molecular weight is 505 g/mol. The van der Waals surface area contributed by atoms with Crippen LogP contribution < -0.4 is 15.4 Å². The molecule has 0 aliphatic carbocycles. The predicted octanol–water partition coefficient (Wildman–Crippen LogP) is 5.65. The molecule has 2 aromatic carbocycles. The van der Waals surface area contributed by atoms with Crippen LogP contribution in [0.1, 0.15) is 29.4 Å². The third-order valence-electron chi connectivity index (χ3n) is 5.61. The summed E-state index contributed by atoms with van der Waals surface area (Å²) in [5.74, 6) is 0.856. The summed E-state index contributed by atoms with van der Waals surface area (Å²) in [6.45, 7) is 1.83. The maximum absolute atomic E-state index is 13.0. The highest BCUT2D eigenvalue weighted by molar-refractivity contribution is 6.31. The Hall–Kier alpha value is -3.14. The zero-order valence-electron chi connectivity index (χ0n) is 18.9. The van der Waals surface area contributed by atoms with Crippen molar-refractivity contribution in [1.29, 1.82) is 0 Å². The van der Waals surface area contributed by atoms with E-state index in [9.17, 15) is 18.0 Å². The minimum Gasteiger partial charge on any atom is -0.457 e. The highest BCUT2D eigenvalue weighted by Gasteiger charge is 2.33. The van der Waals surface area contributed by atoms with Crippen molar-refractivity contribution < 1.29 is 22.7 Å². The van der Waals surface area contributed by atoms with Gasteiger partial charge in [0.2, 0.25) is 5.91 Å². The van der Waals surface area contributed by atoms with Crippen molar-refractivity contribution in [3.8, 4) is 11.5 Å². The fraction of sp³-hybridized carbons (Fsp3) is 0.280. The molecule has 2 heterocycles. The Morgan fingerprint density at radius 3 is 2.74 bits per heavy atom. The lowest BCUT2D eigenvalue weighted by molar-refractivity contribution is -0.137. The maximum Gasteiger partial charge on any atom is 0.417 e. The molecule has 2 N–H and O–H groups in total. The molecule has 1 aliphatic rings. The van der Waals surface area contributed by atoms with Crippen molar-refractivity contribution in [1.82, 2.24) is 15.2 Å². The van der Waals surface area contributed by atoms with Crippen LogP contribution in [0.15, 0.2) is 60.8 Å². The first-order chi connectivity index (χ1) is 16.7. The van der Waals surface area contributed by atoms with Crippen molar-refractivity contribution in [2.75, 3.05) is 25.5 Å². The van der Waals surface area contributed by atoms with Gasteiger partial charge in [-0.2, -0.15) is 13.2 Å². The number of hydrogen-bond acceptors (Lipinski definition) is 5. The van der Waals surface area contributed by atoms with E-state index in [0.717, 1.165) is 36.5 Å². The molecule has 1 unspecified atom stereocenters. The number of nitrogens with one attached hydrogen (secondary N) is 2. The van der Waals surface area contributed by atoms with Crippen LogP contribution in [-0.4, -0.2) is 35.9 Å². The van der Waals surface area contributed by atoms with Gasteiger partial charge in [-0.05, 0) is 55.4 Å². The maximum atomic E-state index is 13.0. The summed E-state index contributed by atoms with van der Waals surface area (Å²) >= 11 is 5.63. The molecular formula is C25H24ClF3N4O2. The van der Waals surface area contributed by atoms with Gasteiger partial charge in [-0.3, -0.25) is 20.0 Å². The standard InChI is InChI=1S/C25H24ClF3N4O2/c1-33-12-11-31-24(33)22-15-19(9-10-30-22)35-18-4-2-3-16(13-18)5-8-23(34)32-17-6-7-21(26)20(14-17)25(27,28)29/h2-4,6-7,9-10,13-15,24,31H,5,8,11-12H2,1H3,(H,32,34). The number of pyridine rings is 1. The molecule has 1 saturated heterocycles. The summed E-state index contributed by atoms with van der Waals surface area (Å²) in [6, 6.07) is 14.3. The van der Waals surface area contributed by atoms with Gasteiger partial charge in [0.25, 0.3) is 0 Å². The second-order valence-electron chi connectivity index (χ2n) is 8.24. The first-order valence-electron chi connectivity index (χ1n) is 11.0. The van der Waals surface area contributed by atoms with E-state index in [4.69, 9.17) is 16.3 Å². The number of anilines is 1. The fourth-order valence-electron chi connectivity index (χ4n) is 3.84. The Bertz CT molecular complexity index is 1210. The number of halogens is 4. The van der Waals surface area contributed by atoms with E-state index < -0.39 is 22.7 Å². The number of nitrogens with zero attached hydrogens (tertiary/aromatic N) is 2. The zero-order chi connectivity index (χ0) is 25.0. The summed E-state index contributed by atoms with van der Waals surface area (Å²) in [6.07, 6.45) is -2.38. The monoisotopic (exact) mass is 504 g/mol. The minimum atomic E-state index is -4.60. The molecule has 0 bridgehead atoms. The van der Waals surface area contributed by atoms with Gasteiger partial charge in [-0.15, -0.1) is 0 Å².